The molecular weight excluding hydrogens is 258 g/mol. The summed E-state index contributed by atoms with van der Waals surface area (Å²) in [5, 5.41) is 0. The highest BCUT2D eigenvalue weighted by Crippen LogP contribution is 2.35. The fourth-order valence-electron chi connectivity index (χ4n) is 2.34. The van der Waals surface area contributed by atoms with Crippen LogP contribution in [0.25, 0.3) is 0 Å². The predicted molar refractivity (Wildman–Crippen MR) is 88.9 cm³/mol. The van der Waals surface area contributed by atoms with Crippen LogP contribution < -0.4 is 10.5 Å². The van der Waals surface area contributed by atoms with E-state index in [4.69, 9.17) is 10.5 Å². The molecule has 0 atom stereocenters. The Balaban J connectivity index is 2.39. The summed E-state index contributed by atoms with van der Waals surface area (Å²) in [6.07, 6.45) is 1.03. The Kier molecular flexibility index (Phi) is 4.69. The Morgan fingerprint density at radius 3 is 2.38 bits per heavy atom. The van der Waals surface area contributed by atoms with Crippen molar-refractivity contribution in [1.82, 2.24) is 0 Å². The largest absolute Gasteiger partial charge is 0.457 e. The van der Waals surface area contributed by atoms with Gasteiger partial charge >= 0.3 is 0 Å². The topological polar surface area (TPSA) is 35.2 Å². The van der Waals surface area contributed by atoms with Gasteiger partial charge in [0.1, 0.15) is 11.5 Å². The number of rotatable bonds is 4. The molecule has 0 unspecified atom stereocenters. The van der Waals surface area contributed by atoms with Crippen molar-refractivity contribution in [3.8, 4) is 11.5 Å². The molecular formula is C19H25NO. The van der Waals surface area contributed by atoms with Gasteiger partial charge in [-0.15, -0.1) is 0 Å². The first-order valence-electron chi connectivity index (χ1n) is 7.54. The number of hydrogen-bond donors (Lipinski definition) is 1. The summed E-state index contributed by atoms with van der Waals surface area (Å²) in [4.78, 5) is 0. The third-order valence-corrected chi connectivity index (χ3v) is 3.62. The number of aryl methyl sites for hydroxylation is 1. The van der Waals surface area contributed by atoms with Gasteiger partial charge in [-0.1, -0.05) is 52.0 Å². The minimum absolute atomic E-state index is 0.0476. The third-order valence-electron chi connectivity index (χ3n) is 3.62. The van der Waals surface area contributed by atoms with E-state index in [1.807, 2.05) is 24.3 Å². The average Bonchev–Trinajstić information content (AvgIpc) is 2.46. The van der Waals surface area contributed by atoms with E-state index in [1.54, 1.807) is 0 Å². The molecule has 2 N–H and O–H groups in total. The van der Waals surface area contributed by atoms with Crippen LogP contribution >= 0.6 is 0 Å². The lowest BCUT2D eigenvalue weighted by molar-refractivity contribution is 0.454. The Morgan fingerprint density at radius 2 is 1.76 bits per heavy atom. The first kappa shape index (κ1) is 15.6. The van der Waals surface area contributed by atoms with Crippen LogP contribution in [0.5, 0.6) is 11.5 Å². The van der Waals surface area contributed by atoms with Gasteiger partial charge < -0.3 is 10.5 Å². The molecule has 2 aromatic rings. The first-order valence-corrected chi connectivity index (χ1v) is 7.54. The molecule has 0 aromatic heterocycles. The van der Waals surface area contributed by atoms with Crippen LogP contribution in [0, 0.1) is 0 Å². The zero-order chi connectivity index (χ0) is 15.5. The summed E-state index contributed by atoms with van der Waals surface area (Å²) < 4.78 is 6.12. The minimum atomic E-state index is 0.0476. The number of ether oxygens (including phenoxy) is 1. The number of benzene rings is 2. The molecule has 0 bridgehead atoms. The SMILES string of the molecule is CCc1ccc(Oc2cccc(CN)c2)c(C(C)(C)C)c1. The third kappa shape index (κ3) is 3.85. The zero-order valence-corrected chi connectivity index (χ0v) is 13.4. The zero-order valence-electron chi connectivity index (χ0n) is 13.4. The maximum Gasteiger partial charge on any atom is 0.131 e. The van der Waals surface area contributed by atoms with Crippen molar-refractivity contribution >= 4 is 0 Å². The summed E-state index contributed by atoms with van der Waals surface area (Å²) in [7, 11) is 0. The van der Waals surface area contributed by atoms with Crippen LogP contribution in [0.4, 0.5) is 0 Å². The molecule has 2 aromatic carbocycles. The predicted octanol–water partition coefficient (Wildman–Crippen LogP) is 4.80. The smallest absolute Gasteiger partial charge is 0.131 e. The van der Waals surface area contributed by atoms with Crippen molar-refractivity contribution in [2.75, 3.05) is 0 Å². The maximum absolute atomic E-state index is 6.12. The standard InChI is InChI=1S/C19H25NO/c1-5-14-9-10-18(17(12-14)19(2,3)4)21-16-8-6-7-15(11-16)13-20/h6-12H,5,13,20H2,1-4H3. The van der Waals surface area contributed by atoms with Crippen LogP contribution in [-0.2, 0) is 18.4 Å². The molecule has 0 fully saturated rings. The highest BCUT2D eigenvalue weighted by Gasteiger charge is 2.19. The molecule has 0 amide bonds. The lowest BCUT2D eigenvalue weighted by Crippen LogP contribution is -2.13. The second-order valence-corrected chi connectivity index (χ2v) is 6.39. The van der Waals surface area contributed by atoms with Crippen molar-refractivity contribution in [2.24, 2.45) is 5.73 Å². The van der Waals surface area contributed by atoms with E-state index < -0.39 is 0 Å². The van der Waals surface area contributed by atoms with Crippen molar-refractivity contribution in [1.29, 1.82) is 0 Å². The lowest BCUT2D eigenvalue weighted by Gasteiger charge is -2.23. The fourth-order valence-corrected chi connectivity index (χ4v) is 2.34. The molecule has 2 rings (SSSR count). The molecule has 0 aliphatic heterocycles. The second kappa shape index (κ2) is 6.31. The molecule has 21 heavy (non-hydrogen) atoms. The molecule has 0 saturated carbocycles. The van der Waals surface area contributed by atoms with Gasteiger partial charge in [0.2, 0.25) is 0 Å². The van der Waals surface area contributed by atoms with Crippen molar-refractivity contribution < 1.29 is 4.74 Å². The molecule has 2 heteroatoms. The van der Waals surface area contributed by atoms with E-state index >= 15 is 0 Å². The van der Waals surface area contributed by atoms with Gasteiger partial charge in [-0.05, 0) is 41.2 Å². The van der Waals surface area contributed by atoms with E-state index in [1.165, 1.54) is 11.1 Å². The van der Waals surface area contributed by atoms with Crippen LogP contribution in [0.3, 0.4) is 0 Å². The molecule has 112 valence electrons. The monoisotopic (exact) mass is 283 g/mol. The minimum Gasteiger partial charge on any atom is -0.457 e. The summed E-state index contributed by atoms with van der Waals surface area (Å²) in [6, 6.07) is 14.4. The molecule has 0 radical (unpaired) electrons. The van der Waals surface area contributed by atoms with Gasteiger partial charge in [0.15, 0.2) is 0 Å². The van der Waals surface area contributed by atoms with Gasteiger partial charge in [-0.25, -0.2) is 0 Å². The molecule has 0 aliphatic carbocycles. The van der Waals surface area contributed by atoms with Crippen LogP contribution in [0.2, 0.25) is 0 Å². The maximum atomic E-state index is 6.12. The van der Waals surface area contributed by atoms with Crippen molar-refractivity contribution in [3.63, 3.8) is 0 Å². The van der Waals surface area contributed by atoms with Crippen LogP contribution in [0.15, 0.2) is 42.5 Å². The highest BCUT2D eigenvalue weighted by atomic mass is 16.5. The first-order chi connectivity index (χ1) is 9.94. The number of nitrogens with two attached hydrogens (primary N) is 1. The van der Waals surface area contributed by atoms with Crippen molar-refractivity contribution in [3.05, 3.63) is 59.2 Å². The van der Waals surface area contributed by atoms with E-state index in [0.29, 0.717) is 6.54 Å². The van der Waals surface area contributed by atoms with Gasteiger partial charge in [-0.2, -0.15) is 0 Å². The fraction of sp³-hybridized carbons (Fsp3) is 0.368. The quantitative estimate of drug-likeness (QED) is 0.875. The van der Waals surface area contributed by atoms with Gasteiger partial charge in [0.25, 0.3) is 0 Å². The Bertz CT molecular complexity index is 611. The highest BCUT2D eigenvalue weighted by molar-refractivity contribution is 5.44. The van der Waals surface area contributed by atoms with Gasteiger partial charge in [0.05, 0.1) is 0 Å². The van der Waals surface area contributed by atoms with Crippen LogP contribution in [0.1, 0.15) is 44.4 Å². The summed E-state index contributed by atoms with van der Waals surface area (Å²) >= 11 is 0. The lowest BCUT2D eigenvalue weighted by atomic mass is 9.85. The molecule has 0 saturated heterocycles. The van der Waals surface area contributed by atoms with Crippen molar-refractivity contribution in [2.45, 2.75) is 46.1 Å². The van der Waals surface area contributed by atoms with Gasteiger partial charge in [0, 0.05) is 12.1 Å². The average molecular weight is 283 g/mol. The molecule has 2 nitrogen and oxygen atoms in total. The van der Waals surface area contributed by atoms with Crippen LogP contribution in [-0.4, -0.2) is 0 Å². The number of hydrogen-bond acceptors (Lipinski definition) is 2. The molecule has 0 spiro atoms. The summed E-state index contributed by atoms with van der Waals surface area (Å²) in [5.74, 6) is 1.77. The summed E-state index contributed by atoms with van der Waals surface area (Å²) in [6.45, 7) is 9.34. The van der Waals surface area contributed by atoms with E-state index in [2.05, 4.69) is 45.9 Å². The van der Waals surface area contributed by atoms with Gasteiger partial charge in [-0.3, -0.25) is 0 Å². The van der Waals surface area contributed by atoms with E-state index in [-0.39, 0.29) is 5.41 Å². The summed E-state index contributed by atoms with van der Waals surface area (Å²) in [5.41, 5.74) is 9.39. The Hall–Kier alpha value is -1.80. The molecule has 0 heterocycles. The second-order valence-electron chi connectivity index (χ2n) is 6.39. The Morgan fingerprint density at radius 1 is 1.00 bits per heavy atom. The normalized spacial score (nSPS) is 11.5. The van der Waals surface area contributed by atoms with E-state index in [9.17, 15) is 0 Å². The molecule has 0 aliphatic rings. The Labute approximate surface area is 127 Å². The van der Waals surface area contributed by atoms with E-state index in [0.717, 1.165) is 23.5 Å².